The average molecular weight is 275 g/mol. The molecule has 1 heterocycles. The topological polar surface area (TPSA) is 92.5 Å². The number of carbonyl (C=O) groups excluding carboxylic acids is 3. The zero-order valence-electron chi connectivity index (χ0n) is 11.2. The van der Waals surface area contributed by atoms with E-state index in [9.17, 15) is 14.4 Å². The van der Waals surface area contributed by atoms with Gasteiger partial charge in [0.2, 0.25) is 17.7 Å². The van der Waals surface area contributed by atoms with Gasteiger partial charge in [-0.3, -0.25) is 19.7 Å². The van der Waals surface area contributed by atoms with Gasteiger partial charge in [-0.15, -0.1) is 0 Å². The number of imide groups is 1. The number of nitrogens with one attached hydrogen (secondary N) is 1. The van der Waals surface area contributed by atoms with E-state index < -0.39 is 23.9 Å². The standard InChI is InChI=1S/C14H17N3O3/c1-9-14(20)16-12(18)8-17(9)13(19)7-11(15)10-5-3-2-4-6-10/h2-6,9,11H,7-8,15H2,1H3,(H,16,18,20). The summed E-state index contributed by atoms with van der Waals surface area (Å²) in [6.07, 6.45) is 0.0644. The fraction of sp³-hybridized carbons (Fsp3) is 0.357. The Kier molecular flexibility index (Phi) is 4.14. The number of hydrogen-bond donors (Lipinski definition) is 2. The van der Waals surface area contributed by atoms with Crippen molar-refractivity contribution in [1.82, 2.24) is 10.2 Å². The van der Waals surface area contributed by atoms with Crippen molar-refractivity contribution in [2.75, 3.05) is 6.54 Å². The molecule has 2 unspecified atom stereocenters. The van der Waals surface area contributed by atoms with Crippen molar-refractivity contribution in [2.24, 2.45) is 5.73 Å². The summed E-state index contributed by atoms with van der Waals surface area (Å²) in [5, 5.41) is 2.20. The van der Waals surface area contributed by atoms with E-state index in [1.165, 1.54) is 4.90 Å². The van der Waals surface area contributed by atoms with Crippen LogP contribution in [0, 0.1) is 0 Å². The Bertz CT molecular complexity index is 530. The molecular weight excluding hydrogens is 258 g/mol. The molecule has 2 rings (SSSR count). The fourth-order valence-electron chi connectivity index (χ4n) is 2.14. The first-order valence-corrected chi connectivity index (χ1v) is 6.42. The first-order chi connectivity index (χ1) is 9.49. The van der Waals surface area contributed by atoms with E-state index in [0.717, 1.165) is 5.56 Å². The molecule has 0 spiro atoms. The van der Waals surface area contributed by atoms with Crippen LogP contribution >= 0.6 is 0 Å². The highest BCUT2D eigenvalue weighted by molar-refractivity contribution is 6.04. The van der Waals surface area contributed by atoms with Crippen LogP contribution in [0.3, 0.4) is 0 Å². The minimum atomic E-state index is -0.650. The van der Waals surface area contributed by atoms with E-state index in [1.54, 1.807) is 6.92 Å². The third-order valence-corrected chi connectivity index (χ3v) is 3.37. The van der Waals surface area contributed by atoms with Gasteiger partial charge in [0.1, 0.15) is 12.6 Å². The summed E-state index contributed by atoms with van der Waals surface area (Å²) in [5.74, 6) is -1.21. The Labute approximate surface area is 116 Å². The Morgan fingerprint density at radius 1 is 1.40 bits per heavy atom. The predicted molar refractivity (Wildman–Crippen MR) is 72.3 cm³/mol. The summed E-state index contributed by atoms with van der Waals surface area (Å²) in [4.78, 5) is 36.3. The molecule has 0 saturated carbocycles. The van der Waals surface area contributed by atoms with Crippen molar-refractivity contribution >= 4 is 17.7 Å². The highest BCUT2D eigenvalue weighted by Crippen LogP contribution is 2.16. The number of hydrogen-bond acceptors (Lipinski definition) is 4. The van der Waals surface area contributed by atoms with Crippen LogP contribution in [-0.2, 0) is 14.4 Å². The molecule has 0 bridgehead atoms. The van der Waals surface area contributed by atoms with Gasteiger partial charge >= 0.3 is 0 Å². The molecule has 6 heteroatoms. The lowest BCUT2D eigenvalue weighted by Crippen LogP contribution is -2.58. The van der Waals surface area contributed by atoms with Crippen molar-refractivity contribution in [3.05, 3.63) is 35.9 Å². The lowest BCUT2D eigenvalue weighted by atomic mass is 10.0. The number of amides is 3. The summed E-state index contributed by atoms with van der Waals surface area (Å²) in [5.41, 5.74) is 6.83. The third kappa shape index (κ3) is 3.03. The minimum Gasteiger partial charge on any atom is -0.324 e. The summed E-state index contributed by atoms with van der Waals surface area (Å²) in [6, 6.07) is 8.15. The number of benzene rings is 1. The highest BCUT2D eigenvalue weighted by Gasteiger charge is 2.33. The summed E-state index contributed by atoms with van der Waals surface area (Å²) < 4.78 is 0. The zero-order chi connectivity index (χ0) is 14.7. The quantitative estimate of drug-likeness (QED) is 0.756. The number of piperazine rings is 1. The fourth-order valence-corrected chi connectivity index (χ4v) is 2.14. The number of carbonyl (C=O) groups is 3. The molecule has 1 saturated heterocycles. The monoisotopic (exact) mass is 275 g/mol. The van der Waals surface area contributed by atoms with Crippen LogP contribution in [0.2, 0.25) is 0 Å². The largest absolute Gasteiger partial charge is 0.324 e. The maximum Gasteiger partial charge on any atom is 0.249 e. The molecule has 1 fully saturated rings. The Balaban J connectivity index is 2.04. The summed E-state index contributed by atoms with van der Waals surface area (Å²) in [7, 11) is 0. The lowest BCUT2D eigenvalue weighted by molar-refractivity contribution is -0.149. The molecule has 106 valence electrons. The first-order valence-electron chi connectivity index (χ1n) is 6.42. The van der Waals surface area contributed by atoms with Crippen LogP contribution in [0.15, 0.2) is 30.3 Å². The molecule has 0 aromatic heterocycles. The van der Waals surface area contributed by atoms with Crippen LogP contribution in [0.25, 0.3) is 0 Å². The molecule has 2 atom stereocenters. The molecule has 3 amide bonds. The van der Waals surface area contributed by atoms with Gasteiger partial charge in [0, 0.05) is 12.5 Å². The Morgan fingerprint density at radius 2 is 2.05 bits per heavy atom. The normalized spacial score (nSPS) is 20.5. The molecule has 1 aliphatic rings. The van der Waals surface area contributed by atoms with Crippen molar-refractivity contribution < 1.29 is 14.4 Å². The molecule has 20 heavy (non-hydrogen) atoms. The number of nitrogens with zero attached hydrogens (tertiary/aromatic N) is 1. The van der Waals surface area contributed by atoms with Gasteiger partial charge in [0.05, 0.1) is 0 Å². The van der Waals surface area contributed by atoms with E-state index in [0.29, 0.717) is 0 Å². The van der Waals surface area contributed by atoms with Crippen LogP contribution in [-0.4, -0.2) is 35.2 Å². The van der Waals surface area contributed by atoms with Gasteiger partial charge in [-0.25, -0.2) is 0 Å². The average Bonchev–Trinajstić information content (AvgIpc) is 2.43. The number of rotatable bonds is 3. The number of nitrogens with two attached hydrogens (primary N) is 1. The van der Waals surface area contributed by atoms with E-state index >= 15 is 0 Å². The van der Waals surface area contributed by atoms with E-state index in [4.69, 9.17) is 5.73 Å². The molecule has 1 aromatic rings. The van der Waals surface area contributed by atoms with Crippen LogP contribution in [0.5, 0.6) is 0 Å². The first kappa shape index (κ1) is 14.2. The van der Waals surface area contributed by atoms with Crippen LogP contribution < -0.4 is 11.1 Å². The molecular formula is C14H17N3O3. The highest BCUT2D eigenvalue weighted by atomic mass is 16.2. The summed E-state index contributed by atoms with van der Waals surface area (Å²) >= 11 is 0. The molecule has 1 aliphatic heterocycles. The van der Waals surface area contributed by atoms with Gasteiger partial charge < -0.3 is 10.6 Å². The van der Waals surface area contributed by atoms with Gasteiger partial charge in [-0.1, -0.05) is 30.3 Å². The van der Waals surface area contributed by atoms with Gasteiger partial charge in [-0.2, -0.15) is 0 Å². The van der Waals surface area contributed by atoms with Crippen LogP contribution in [0.1, 0.15) is 24.9 Å². The molecule has 1 aromatic carbocycles. The maximum atomic E-state index is 12.2. The van der Waals surface area contributed by atoms with Crippen molar-refractivity contribution in [1.29, 1.82) is 0 Å². The van der Waals surface area contributed by atoms with Gasteiger partial charge in [-0.05, 0) is 12.5 Å². The zero-order valence-corrected chi connectivity index (χ0v) is 11.2. The second kappa shape index (κ2) is 5.83. The Hall–Kier alpha value is -2.21. The smallest absolute Gasteiger partial charge is 0.249 e. The third-order valence-electron chi connectivity index (χ3n) is 3.37. The van der Waals surface area contributed by atoms with Crippen molar-refractivity contribution in [3.63, 3.8) is 0 Å². The summed E-state index contributed by atoms with van der Waals surface area (Å²) in [6.45, 7) is 1.49. The van der Waals surface area contributed by atoms with E-state index in [-0.39, 0.29) is 18.9 Å². The van der Waals surface area contributed by atoms with Gasteiger partial charge in [0.15, 0.2) is 0 Å². The van der Waals surface area contributed by atoms with Crippen molar-refractivity contribution in [3.8, 4) is 0 Å². The predicted octanol–water partition coefficient (Wildman–Crippen LogP) is -0.0500. The molecule has 0 aliphatic carbocycles. The van der Waals surface area contributed by atoms with E-state index in [1.807, 2.05) is 30.3 Å². The maximum absolute atomic E-state index is 12.2. The second-order valence-corrected chi connectivity index (χ2v) is 4.83. The minimum absolute atomic E-state index is 0.0644. The molecule has 0 radical (unpaired) electrons. The molecule has 6 nitrogen and oxygen atoms in total. The lowest BCUT2D eigenvalue weighted by Gasteiger charge is -2.32. The molecule has 3 N–H and O–H groups in total. The second-order valence-electron chi connectivity index (χ2n) is 4.83. The van der Waals surface area contributed by atoms with Crippen LogP contribution in [0.4, 0.5) is 0 Å². The van der Waals surface area contributed by atoms with Crippen molar-refractivity contribution in [2.45, 2.75) is 25.4 Å². The SMILES string of the molecule is CC1C(=O)NC(=O)CN1C(=O)CC(N)c1ccccc1. The van der Waals surface area contributed by atoms with Gasteiger partial charge in [0.25, 0.3) is 0 Å². The van der Waals surface area contributed by atoms with E-state index in [2.05, 4.69) is 5.32 Å². The Morgan fingerprint density at radius 3 is 2.70 bits per heavy atom.